The Morgan fingerprint density at radius 2 is 2.07 bits per heavy atom. The molecule has 1 saturated heterocycles. The lowest BCUT2D eigenvalue weighted by Crippen LogP contribution is -2.40. The van der Waals surface area contributed by atoms with E-state index in [2.05, 4.69) is 5.32 Å². The topological polar surface area (TPSA) is 32.3 Å². The Morgan fingerprint density at radius 1 is 1.36 bits per heavy atom. The van der Waals surface area contributed by atoms with Gasteiger partial charge in [0.05, 0.1) is 0 Å². The van der Waals surface area contributed by atoms with E-state index < -0.39 is 0 Å². The van der Waals surface area contributed by atoms with E-state index in [4.69, 9.17) is 0 Å². The van der Waals surface area contributed by atoms with Gasteiger partial charge in [-0.25, -0.2) is 0 Å². The summed E-state index contributed by atoms with van der Waals surface area (Å²) in [5.41, 5.74) is 0. The van der Waals surface area contributed by atoms with Crippen molar-refractivity contribution < 1.29 is 4.79 Å². The fraction of sp³-hybridized carbons (Fsp3) is 0.909. The molecular formula is C11H22N2O. The summed E-state index contributed by atoms with van der Waals surface area (Å²) in [6, 6.07) is 0.428. The van der Waals surface area contributed by atoms with Crippen LogP contribution in [0.4, 0.5) is 0 Å². The first-order valence-corrected chi connectivity index (χ1v) is 5.79. The summed E-state index contributed by atoms with van der Waals surface area (Å²) in [5.74, 6) is 0.300. The second kappa shape index (κ2) is 6.02. The molecule has 3 nitrogen and oxygen atoms in total. The Kier molecular flexibility index (Phi) is 4.94. The lowest BCUT2D eigenvalue weighted by atomic mass is 10.0. The lowest BCUT2D eigenvalue weighted by molar-refractivity contribution is -0.131. The van der Waals surface area contributed by atoms with Crippen LogP contribution in [0.3, 0.4) is 0 Å². The SMILES string of the molecule is CCN(CC)C(=O)C[C@@H]1CCCCN1. The average Bonchev–Trinajstić information content (AvgIpc) is 2.21. The van der Waals surface area contributed by atoms with Crippen molar-refractivity contribution in [3.8, 4) is 0 Å². The van der Waals surface area contributed by atoms with Gasteiger partial charge in [0.15, 0.2) is 0 Å². The third-order valence-electron chi connectivity index (χ3n) is 2.95. The number of piperidine rings is 1. The summed E-state index contributed by atoms with van der Waals surface area (Å²) in [6.07, 6.45) is 4.37. The van der Waals surface area contributed by atoms with Gasteiger partial charge in [-0.2, -0.15) is 0 Å². The highest BCUT2D eigenvalue weighted by atomic mass is 16.2. The maximum atomic E-state index is 11.8. The molecule has 0 aromatic carbocycles. The third-order valence-corrected chi connectivity index (χ3v) is 2.95. The molecule has 1 aliphatic heterocycles. The summed E-state index contributed by atoms with van der Waals surface area (Å²) in [5, 5.41) is 3.41. The zero-order chi connectivity index (χ0) is 10.4. The van der Waals surface area contributed by atoms with E-state index in [-0.39, 0.29) is 0 Å². The number of hydrogen-bond donors (Lipinski definition) is 1. The molecule has 0 aromatic heterocycles. The smallest absolute Gasteiger partial charge is 0.224 e. The van der Waals surface area contributed by atoms with Crippen molar-refractivity contribution in [2.24, 2.45) is 0 Å². The van der Waals surface area contributed by atoms with Crippen molar-refractivity contribution in [2.75, 3.05) is 19.6 Å². The molecule has 82 valence electrons. The average molecular weight is 198 g/mol. The summed E-state index contributed by atoms with van der Waals surface area (Å²) in [7, 11) is 0. The predicted molar refractivity (Wildman–Crippen MR) is 58.2 cm³/mol. The summed E-state index contributed by atoms with van der Waals surface area (Å²) in [6.45, 7) is 6.83. The van der Waals surface area contributed by atoms with Crippen LogP contribution >= 0.6 is 0 Å². The maximum Gasteiger partial charge on any atom is 0.224 e. The van der Waals surface area contributed by atoms with Crippen LogP contribution in [0.2, 0.25) is 0 Å². The second-order valence-electron chi connectivity index (χ2n) is 3.92. The highest BCUT2D eigenvalue weighted by Crippen LogP contribution is 2.11. The number of hydrogen-bond acceptors (Lipinski definition) is 2. The molecular weight excluding hydrogens is 176 g/mol. The molecule has 0 bridgehead atoms. The van der Waals surface area contributed by atoms with E-state index in [1.807, 2.05) is 18.7 Å². The van der Waals surface area contributed by atoms with Crippen molar-refractivity contribution in [2.45, 2.75) is 45.6 Å². The van der Waals surface area contributed by atoms with Gasteiger partial charge in [-0.05, 0) is 33.2 Å². The monoisotopic (exact) mass is 198 g/mol. The second-order valence-corrected chi connectivity index (χ2v) is 3.92. The first-order chi connectivity index (χ1) is 6.77. The Labute approximate surface area is 86.9 Å². The van der Waals surface area contributed by atoms with E-state index in [0.717, 1.165) is 26.1 Å². The third kappa shape index (κ3) is 3.29. The number of nitrogens with zero attached hydrogens (tertiary/aromatic N) is 1. The Bertz CT molecular complexity index is 172. The van der Waals surface area contributed by atoms with Crippen molar-refractivity contribution in [1.29, 1.82) is 0 Å². The van der Waals surface area contributed by atoms with Crippen LogP contribution in [0.1, 0.15) is 39.5 Å². The van der Waals surface area contributed by atoms with Crippen LogP contribution in [-0.4, -0.2) is 36.5 Å². The van der Waals surface area contributed by atoms with Crippen LogP contribution in [0.25, 0.3) is 0 Å². The molecule has 1 fully saturated rings. The van der Waals surface area contributed by atoms with Crippen LogP contribution in [0, 0.1) is 0 Å². The summed E-state index contributed by atoms with van der Waals surface area (Å²) >= 11 is 0. The number of nitrogens with one attached hydrogen (secondary N) is 1. The largest absolute Gasteiger partial charge is 0.343 e. The normalized spacial score (nSPS) is 22.0. The molecule has 0 aliphatic carbocycles. The molecule has 0 unspecified atom stereocenters. The Hall–Kier alpha value is -0.570. The van der Waals surface area contributed by atoms with E-state index in [9.17, 15) is 4.79 Å². The Balaban J connectivity index is 2.30. The van der Waals surface area contributed by atoms with Gasteiger partial charge in [-0.15, -0.1) is 0 Å². The Morgan fingerprint density at radius 3 is 2.57 bits per heavy atom. The van der Waals surface area contributed by atoms with E-state index in [1.165, 1.54) is 12.8 Å². The number of carbonyl (C=O) groups is 1. The molecule has 1 atom stereocenters. The molecule has 1 amide bonds. The molecule has 0 saturated carbocycles. The maximum absolute atomic E-state index is 11.8. The molecule has 1 rings (SSSR count). The van der Waals surface area contributed by atoms with Crippen LogP contribution in [-0.2, 0) is 4.79 Å². The molecule has 1 heterocycles. The minimum Gasteiger partial charge on any atom is -0.343 e. The number of carbonyl (C=O) groups excluding carboxylic acids is 1. The molecule has 14 heavy (non-hydrogen) atoms. The van der Waals surface area contributed by atoms with E-state index >= 15 is 0 Å². The summed E-state index contributed by atoms with van der Waals surface area (Å²) in [4.78, 5) is 13.7. The van der Waals surface area contributed by atoms with Crippen LogP contribution in [0.15, 0.2) is 0 Å². The van der Waals surface area contributed by atoms with Gasteiger partial charge in [-0.3, -0.25) is 4.79 Å². The fourth-order valence-electron chi connectivity index (χ4n) is 2.01. The molecule has 3 heteroatoms. The summed E-state index contributed by atoms with van der Waals surface area (Å²) < 4.78 is 0. The molecule has 1 N–H and O–H groups in total. The van der Waals surface area contributed by atoms with Crippen molar-refractivity contribution >= 4 is 5.91 Å². The van der Waals surface area contributed by atoms with Gasteiger partial charge in [0.25, 0.3) is 0 Å². The molecule has 0 radical (unpaired) electrons. The van der Waals surface area contributed by atoms with Gasteiger partial charge in [0.2, 0.25) is 5.91 Å². The quantitative estimate of drug-likeness (QED) is 0.740. The first-order valence-electron chi connectivity index (χ1n) is 5.79. The van der Waals surface area contributed by atoms with Crippen molar-refractivity contribution in [3.63, 3.8) is 0 Å². The van der Waals surface area contributed by atoms with E-state index in [0.29, 0.717) is 18.4 Å². The minimum absolute atomic E-state index is 0.300. The molecule has 0 spiro atoms. The van der Waals surface area contributed by atoms with Crippen molar-refractivity contribution in [1.82, 2.24) is 10.2 Å². The number of amides is 1. The minimum atomic E-state index is 0.300. The van der Waals surface area contributed by atoms with Gasteiger partial charge in [0, 0.05) is 25.6 Å². The van der Waals surface area contributed by atoms with Crippen LogP contribution < -0.4 is 5.32 Å². The standard InChI is InChI=1S/C11H22N2O/c1-3-13(4-2)11(14)9-10-7-5-6-8-12-10/h10,12H,3-9H2,1-2H3/t10-/m0/s1. The highest BCUT2D eigenvalue weighted by molar-refractivity contribution is 5.76. The molecule has 0 aromatic rings. The number of rotatable bonds is 4. The van der Waals surface area contributed by atoms with Gasteiger partial charge in [-0.1, -0.05) is 6.42 Å². The lowest BCUT2D eigenvalue weighted by Gasteiger charge is -2.26. The van der Waals surface area contributed by atoms with Gasteiger partial charge in [0.1, 0.15) is 0 Å². The first kappa shape index (κ1) is 11.5. The predicted octanol–water partition coefficient (Wildman–Crippen LogP) is 1.39. The fourth-order valence-corrected chi connectivity index (χ4v) is 2.01. The zero-order valence-corrected chi connectivity index (χ0v) is 9.38. The zero-order valence-electron chi connectivity index (χ0n) is 9.38. The van der Waals surface area contributed by atoms with E-state index in [1.54, 1.807) is 0 Å². The van der Waals surface area contributed by atoms with Crippen molar-refractivity contribution in [3.05, 3.63) is 0 Å². The van der Waals surface area contributed by atoms with Gasteiger partial charge >= 0.3 is 0 Å². The highest BCUT2D eigenvalue weighted by Gasteiger charge is 2.18. The van der Waals surface area contributed by atoms with Crippen LogP contribution in [0.5, 0.6) is 0 Å². The molecule has 1 aliphatic rings. The van der Waals surface area contributed by atoms with Gasteiger partial charge < -0.3 is 10.2 Å².